The predicted octanol–water partition coefficient (Wildman–Crippen LogP) is 7.68. The van der Waals surface area contributed by atoms with Gasteiger partial charge in [-0.1, -0.05) is 45.2 Å². The summed E-state index contributed by atoms with van der Waals surface area (Å²) in [4.78, 5) is 18.8. The van der Waals surface area contributed by atoms with E-state index >= 15 is 0 Å². The zero-order chi connectivity index (χ0) is 24.4. The number of amides is 1. The number of carbonyl (C=O) groups is 1. The molecule has 0 aromatic rings. The molecule has 4 nitrogen and oxygen atoms in total. The molecule has 0 unspecified atom stereocenters. The quantitative estimate of drug-likeness (QED) is 0.153. The van der Waals surface area contributed by atoms with E-state index in [4.69, 9.17) is 4.74 Å². The molecule has 0 aromatic heterocycles. The summed E-state index contributed by atoms with van der Waals surface area (Å²) in [7, 11) is 1.79. The van der Waals surface area contributed by atoms with E-state index < -0.39 is 5.60 Å². The van der Waals surface area contributed by atoms with Crippen LogP contribution in [-0.2, 0) is 4.74 Å². The van der Waals surface area contributed by atoms with Gasteiger partial charge in [-0.2, -0.15) is 0 Å². The van der Waals surface area contributed by atoms with Crippen LogP contribution in [0.2, 0.25) is 0 Å². The van der Waals surface area contributed by atoms with Crippen molar-refractivity contribution in [3.8, 4) is 0 Å². The van der Waals surface area contributed by atoms with E-state index in [1.54, 1.807) is 18.0 Å². The van der Waals surface area contributed by atoms with Crippen LogP contribution < -0.4 is 0 Å². The molecule has 0 aliphatic carbocycles. The van der Waals surface area contributed by atoms with Crippen molar-refractivity contribution in [3.05, 3.63) is 57.8 Å². The molecule has 5 heteroatoms. The van der Waals surface area contributed by atoms with Crippen molar-refractivity contribution in [1.29, 1.82) is 0 Å². The molecule has 0 aliphatic rings. The number of hydrogen-bond acceptors (Lipinski definition) is 3. The lowest BCUT2D eigenvalue weighted by Gasteiger charge is -2.29. The lowest BCUT2D eigenvalue weighted by molar-refractivity contribution is 0.0226. The van der Waals surface area contributed by atoms with Crippen LogP contribution in [0.4, 0.5) is 4.79 Å². The van der Waals surface area contributed by atoms with E-state index in [1.165, 1.54) is 0 Å². The summed E-state index contributed by atoms with van der Waals surface area (Å²) in [5, 5.41) is 0. The normalized spacial score (nSPS) is 13.6. The van der Waals surface area contributed by atoms with E-state index in [0.717, 1.165) is 44.4 Å². The van der Waals surface area contributed by atoms with Gasteiger partial charge in [-0.25, -0.2) is 4.79 Å². The third-order valence-electron chi connectivity index (χ3n) is 4.37. The largest absolute Gasteiger partial charge is 0.444 e. The molecule has 1 amide bonds. The fourth-order valence-corrected chi connectivity index (χ4v) is 4.01. The van der Waals surface area contributed by atoms with Crippen molar-refractivity contribution in [1.82, 2.24) is 4.90 Å². The number of carbonyl (C=O) groups excluding carboxylic acids is 1. The highest BCUT2D eigenvalue weighted by atomic mass is 127. The molecule has 0 N–H and O–H groups in total. The van der Waals surface area contributed by atoms with Gasteiger partial charge in [0.15, 0.2) is 0 Å². The molecule has 174 valence electrons. The van der Waals surface area contributed by atoms with Crippen LogP contribution >= 0.6 is 22.6 Å². The molecule has 0 radical (unpaired) electrons. The molecule has 0 saturated heterocycles. The van der Waals surface area contributed by atoms with Crippen LogP contribution in [0.15, 0.2) is 62.8 Å². The van der Waals surface area contributed by atoms with Crippen molar-refractivity contribution >= 4 is 34.4 Å². The first-order chi connectivity index (χ1) is 14.2. The van der Waals surface area contributed by atoms with Gasteiger partial charge < -0.3 is 9.64 Å². The van der Waals surface area contributed by atoms with E-state index in [1.807, 2.05) is 40.7 Å². The van der Waals surface area contributed by atoms with Crippen LogP contribution in [0.5, 0.6) is 0 Å². The van der Waals surface area contributed by atoms with Gasteiger partial charge in [0.1, 0.15) is 5.60 Å². The lowest BCUT2D eigenvalue weighted by Crippen LogP contribution is -2.39. The third kappa shape index (κ3) is 11.0. The number of hydrogen-bond donors (Lipinski definition) is 0. The predicted molar refractivity (Wildman–Crippen MR) is 144 cm³/mol. The Bertz CT molecular complexity index is 765. The van der Waals surface area contributed by atoms with Crippen molar-refractivity contribution in [2.45, 2.75) is 66.9 Å². The SMILES string of the molecule is C=C\C=C(I)/C(C(/C)=N\C)=C(/C(=C)C)C(=C)CCCN(CC(C)C)C(=O)OC(C)(C)C. The van der Waals surface area contributed by atoms with Crippen molar-refractivity contribution in [2.24, 2.45) is 10.9 Å². The number of allylic oxidation sites excluding steroid dienone is 7. The van der Waals surface area contributed by atoms with Crippen LogP contribution in [0.3, 0.4) is 0 Å². The second-order valence-electron chi connectivity index (χ2n) is 9.12. The van der Waals surface area contributed by atoms with E-state index in [0.29, 0.717) is 19.0 Å². The summed E-state index contributed by atoms with van der Waals surface area (Å²) in [6, 6.07) is 0. The number of aliphatic imine (C=N–C) groups is 1. The topological polar surface area (TPSA) is 41.9 Å². The van der Waals surface area contributed by atoms with Crippen molar-refractivity contribution in [3.63, 3.8) is 0 Å². The van der Waals surface area contributed by atoms with E-state index in [9.17, 15) is 4.79 Å². The summed E-state index contributed by atoms with van der Waals surface area (Å²) in [6.07, 6.45) is 5.01. The Balaban J connectivity index is 5.67. The van der Waals surface area contributed by atoms with Gasteiger partial charge in [0.25, 0.3) is 0 Å². The Hall–Kier alpha value is -1.63. The lowest BCUT2D eigenvalue weighted by atomic mass is 9.90. The smallest absolute Gasteiger partial charge is 0.410 e. The number of ether oxygens (including phenoxy) is 1. The Morgan fingerprint density at radius 3 is 2.19 bits per heavy atom. The fourth-order valence-electron chi connectivity index (χ4n) is 3.10. The van der Waals surface area contributed by atoms with Gasteiger partial charge in [-0.15, -0.1) is 0 Å². The summed E-state index contributed by atoms with van der Waals surface area (Å²) in [5.41, 5.74) is 4.42. The Kier molecular flexibility index (Phi) is 13.0. The van der Waals surface area contributed by atoms with Crippen LogP contribution in [0, 0.1) is 5.92 Å². The molecular weight excluding hydrogens is 499 g/mol. The first kappa shape index (κ1) is 29.4. The van der Waals surface area contributed by atoms with Gasteiger partial charge in [-0.3, -0.25) is 4.99 Å². The number of nitrogens with zero attached hydrogens (tertiary/aromatic N) is 2. The number of halogens is 1. The fraction of sp³-hybridized carbons (Fsp3) is 0.538. The van der Waals surface area contributed by atoms with E-state index in [-0.39, 0.29) is 6.09 Å². The van der Waals surface area contributed by atoms with Crippen LogP contribution in [-0.4, -0.2) is 42.4 Å². The molecule has 0 heterocycles. The second-order valence-corrected chi connectivity index (χ2v) is 10.3. The minimum absolute atomic E-state index is 0.263. The summed E-state index contributed by atoms with van der Waals surface area (Å²) >= 11 is 2.31. The van der Waals surface area contributed by atoms with Crippen LogP contribution in [0.25, 0.3) is 0 Å². The van der Waals surface area contributed by atoms with Gasteiger partial charge >= 0.3 is 6.09 Å². The highest BCUT2D eigenvalue weighted by Gasteiger charge is 2.23. The maximum Gasteiger partial charge on any atom is 0.410 e. The third-order valence-corrected chi connectivity index (χ3v) is 5.27. The van der Waals surface area contributed by atoms with Gasteiger partial charge in [0, 0.05) is 35.0 Å². The monoisotopic (exact) mass is 540 g/mol. The second kappa shape index (κ2) is 13.7. The standard InChI is InChI=1S/C26H41IN2O2/c1-12-14-22(27)24(21(7)28-11)23(19(4)5)20(6)15-13-16-29(17-18(2)3)25(30)31-26(8,9)10/h12,14,18H,1,4,6,13,15-17H2,2-3,5,7-11H3/b22-14+,24-23-,28-21-. The highest BCUT2D eigenvalue weighted by molar-refractivity contribution is 14.1. The Morgan fingerprint density at radius 1 is 1.19 bits per heavy atom. The van der Waals surface area contributed by atoms with Gasteiger partial charge in [-0.05, 0) is 93.2 Å². The first-order valence-electron chi connectivity index (χ1n) is 10.7. The van der Waals surface area contributed by atoms with Gasteiger partial charge in [0.2, 0.25) is 0 Å². The zero-order valence-electron chi connectivity index (χ0n) is 20.8. The first-order valence-corrected chi connectivity index (χ1v) is 11.8. The minimum Gasteiger partial charge on any atom is -0.444 e. The van der Waals surface area contributed by atoms with Crippen LogP contribution in [0.1, 0.15) is 61.3 Å². The maximum atomic E-state index is 12.6. The van der Waals surface area contributed by atoms with Gasteiger partial charge in [0.05, 0.1) is 0 Å². The molecule has 0 spiro atoms. The molecular formula is C26H41IN2O2. The zero-order valence-corrected chi connectivity index (χ0v) is 22.9. The average Bonchev–Trinajstić information content (AvgIpc) is 2.62. The minimum atomic E-state index is -0.508. The van der Waals surface area contributed by atoms with Crippen molar-refractivity contribution < 1.29 is 9.53 Å². The Labute approximate surface area is 204 Å². The number of rotatable bonds is 11. The molecule has 31 heavy (non-hydrogen) atoms. The molecule has 0 saturated carbocycles. The molecule has 0 bridgehead atoms. The average molecular weight is 541 g/mol. The molecule has 0 aliphatic heterocycles. The molecule has 0 aromatic carbocycles. The molecule has 0 fully saturated rings. The summed E-state index contributed by atoms with van der Waals surface area (Å²) in [6.45, 7) is 27.5. The van der Waals surface area contributed by atoms with Crippen molar-refractivity contribution in [2.75, 3.05) is 20.1 Å². The molecule has 0 rings (SSSR count). The summed E-state index contributed by atoms with van der Waals surface area (Å²) < 4.78 is 6.64. The maximum absolute atomic E-state index is 12.6. The Morgan fingerprint density at radius 2 is 1.77 bits per heavy atom. The van der Waals surface area contributed by atoms with E-state index in [2.05, 4.69) is 61.2 Å². The summed E-state index contributed by atoms with van der Waals surface area (Å²) in [5.74, 6) is 0.363. The molecule has 0 atom stereocenters. The highest BCUT2D eigenvalue weighted by Crippen LogP contribution is 2.32.